The molecule has 1 aliphatic heterocycles. The van der Waals surface area contributed by atoms with E-state index in [-0.39, 0.29) is 29.5 Å². The van der Waals surface area contributed by atoms with Gasteiger partial charge in [-0.15, -0.1) is 0 Å². The number of alkyl halides is 2. The molecule has 0 unspecified atom stereocenters. The molecule has 1 saturated heterocycles. The number of nitrogens with one attached hydrogen (secondary N) is 2. The number of benzene rings is 2. The number of allylic oxidation sites excluding steroid dienone is 1. The van der Waals surface area contributed by atoms with Gasteiger partial charge in [-0.05, 0) is 79.1 Å². The van der Waals surface area contributed by atoms with E-state index in [0.29, 0.717) is 29.5 Å². The zero-order chi connectivity index (χ0) is 25.5. The van der Waals surface area contributed by atoms with E-state index >= 15 is 0 Å². The Balaban J connectivity index is 1.83. The van der Waals surface area contributed by atoms with Crippen LogP contribution in [-0.4, -0.2) is 37.6 Å². The first-order valence-electron chi connectivity index (χ1n) is 11.6. The number of Topliss-reactive ketones (excluding diaryl/α,β-unsaturated/α-hetero) is 1. The van der Waals surface area contributed by atoms with Crippen LogP contribution in [0, 0.1) is 17.1 Å². The van der Waals surface area contributed by atoms with Gasteiger partial charge >= 0.3 is 6.43 Å². The van der Waals surface area contributed by atoms with Crippen LogP contribution in [0.2, 0.25) is 0 Å². The van der Waals surface area contributed by atoms with Gasteiger partial charge in [-0.25, -0.2) is 4.39 Å². The van der Waals surface area contributed by atoms with Crippen LogP contribution < -0.4 is 5.32 Å². The summed E-state index contributed by atoms with van der Waals surface area (Å²) in [5.41, 5.74) is 2.93. The Morgan fingerprint density at radius 1 is 1.26 bits per heavy atom. The summed E-state index contributed by atoms with van der Waals surface area (Å²) in [7, 11) is 1.37. The fraction of sp³-hybridized carbons (Fsp3) is 0.370. The topological polar surface area (TPSA) is 74.5 Å². The van der Waals surface area contributed by atoms with Crippen molar-refractivity contribution in [3.8, 4) is 0 Å². The molecule has 35 heavy (non-hydrogen) atoms. The summed E-state index contributed by atoms with van der Waals surface area (Å²) in [5.74, 6) is -1.78. The number of aliphatic imine (C=N–C) groups is 1. The van der Waals surface area contributed by atoms with Crippen molar-refractivity contribution in [2.45, 2.75) is 45.1 Å². The minimum atomic E-state index is -3.07. The minimum Gasteiger partial charge on any atom is -0.419 e. The molecule has 0 aliphatic carbocycles. The predicted molar refractivity (Wildman–Crippen MR) is 131 cm³/mol. The molecular weight excluding hydrogens is 455 g/mol. The fourth-order valence-corrected chi connectivity index (χ4v) is 4.45. The zero-order valence-corrected chi connectivity index (χ0v) is 19.9. The van der Waals surface area contributed by atoms with Gasteiger partial charge in [0.1, 0.15) is 5.82 Å². The molecule has 1 heterocycles. The van der Waals surface area contributed by atoms with E-state index in [0.717, 1.165) is 30.5 Å². The van der Waals surface area contributed by atoms with Crippen LogP contribution in [0.3, 0.4) is 0 Å². The summed E-state index contributed by atoms with van der Waals surface area (Å²) in [6, 6.07) is 11.3. The Morgan fingerprint density at radius 3 is 2.60 bits per heavy atom. The van der Waals surface area contributed by atoms with E-state index in [4.69, 9.17) is 10.1 Å². The second-order valence-electron chi connectivity index (χ2n) is 8.54. The van der Waals surface area contributed by atoms with Crippen LogP contribution in [0.25, 0.3) is 0 Å². The third-order valence-corrected chi connectivity index (χ3v) is 6.24. The number of aryl methyl sites for hydroxylation is 1. The summed E-state index contributed by atoms with van der Waals surface area (Å²) in [4.78, 5) is 17.3. The summed E-state index contributed by atoms with van der Waals surface area (Å²) in [6.07, 6.45) is -0.158. The van der Waals surface area contributed by atoms with Gasteiger partial charge in [0.2, 0.25) is 5.90 Å². The number of piperidine rings is 1. The molecule has 2 aromatic rings. The first kappa shape index (κ1) is 26.3. The molecule has 8 heteroatoms. The number of carbonyl (C=O) groups is 1. The van der Waals surface area contributed by atoms with Crippen molar-refractivity contribution in [3.63, 3.8) is 0 Å². The Morgan fingerprint density at radius 2 is 1.97 bits per heavy atom. The number of rotatable bonds is 8. The number of hydrogen-bond acceptors (Lipinski definition) is 5. The lowest BCUT2D eigenvalue weighted by molar-refractivity contribution is 0.102. The largest absolute Gasteiger partial charge is 0.419 e. The van der Waals surface area contributed by atoms with Crippen molar-refractivity contribution in [1.29, 1.82) is 5.41 Å². The highest BCUT2D eigenvalue weighted by atomic mass is 19.3. The molecule has 0 aromatic heterocycles. The maximum atomic E-state index is 13.5. The number of nitrogens with zero attached hydrogens (tertiary/aromatic N) is 1. The molecular formula is C27H30F3N3O2. The van der Waals surface area contributed by atoms with Gasteiger partial charge < -0.3 is 10.1 Å². The van der Waals surface area contributed by atoms with Crippen molar-refractivity contribution in [2.75, 3.05) is 13.6 Å². The Labute approximate surface area is 203 Å². The molecule has 2 aromatic carbocycles. The molecule has 1 fully saturated rings. The van der Waals surface area contributed by atoms with E-state index in [1.54, 1.807) is 30.3 Å². The van der Waals surface area contributed by atoms with Crippen LogP contribution in [0.15, 0.2) is 59.6 Å². The summed E-state index contributed by atoms with van der Waals surface area (Å²) in [6.45, 7) is 6.84. The van der Waals surface area contributed by atoms with E-state index < -0.39 is 12.3 Å². The quantitative estimate of drug-likeness (QED) is 0.212. The molecule has 5 nitrogen and oxygen atoms in total. The molecule has 3 rings (SSSR count). The lowest BCUT2D eigenvalue weighted by Crippen LogP contribution is -2.34. The fourth-order valence-electron chi connectivity index (χ4n) is 4.45. The summed E-state index contributed by atoms with van der Waals surface area (Å²) in [5, 5.41) is 10.8. The van der Waals surface area contributed by atoms with E-state index in [1.165, 1.54) is 19.2 Å². The third kappa shape index (κ3) is 6.45. The van der Waals surface area contributed by atoms with Crippen molar-refractivity contribution in [1.82, 2.24) is 5.32 Å². The van der Waals surface area contributed by atoms with Crippen LogP contribution in [0.4, 0.5) is 13.2 Å². The van der Waals surface area contributed by atoms with Crippen LogP contribution >= 0.6 is 0 Å². The van der Waals surface area contributed by atoms with Gasteiger partial charge in [0.15, 0.2) is 5.78 Å². The molecule has 0 saturated carbocycles. The molecule has 0 spiro atoms. The van der Waals surface area contributed by atoms with E-state index in [9.17, 15) is 18.0 Å². The lowest BCUT2D eigenvalue weighted by atomic mass is 9.80. The van der Waals surface area contributed by atoms with Crippen LogP contribution in [0.1, 0.15) is 59.3 Å². The van der Waals surface area contributed by atoms with Crippen molar-refractivity contribution < 1.29 is 22.7 Å². The molecule has 2 N–H and O–H groups in total. The van der Waals surface area contributed by atoms with Crippen molar-refractivity contribution in [2.24, 2.45) is 10.9 Å². The smallest absolute Gasteiger partial charge is 0.312 e. The standard InChI is InChI=1S/C27H30F3N3O2/c1-4-17-7-8-20(27(32-3)35-26(31)25(29)30)15-22(17)24(34)16(2)14-19-6-5-13-33-23(19)18-9-11-21(28)12-10-18/h7-12,15,19,23,25,31,33H,2,4-6,13-14H2,1,3H3/t19-,23+/m0/s1. The van der Waals surface area contributed by atoms with Gasteiger partial charge in [-0.3, -0.25) is 15.2 Å². The summed E-state index contributed by atoms with van der Waals surface area (Å²) < 4.78 is 43.9. The maximum Gasteiger partial charge on any atom is 0.312 e. The normalized spacial score (nSPS) is 18.4. The monoisotopic (exact) mass is 485 g/mol. The van der Waals surface area contributed by atoms with Gasteiger partial charge in [0.25, 0.3) is 5.90 Å². The average Bonchev–Trinajstić information content (AvgIpc) is 2.87. The number of ether oxygens (including phenoxy) is 1. The Kier molecular flexibility index (Phi) is 8.98. The first-order chi connectivity index (χ1) is 16.7. The third-order valence-electron chi connectivity index (χ3n) is 6.24. The minimum absolute atomic E-state index is 0.0153. The molecule has 1 aliphatic rings. The van der Waals surface area contributed by atoms with Crippen LogP contribution in [0.5, 0.6) is 0 Å². The molecule has 0 bridgehead atoms. The van der Waals surface area contributed by atoms with E-state index in [1.807, 2.05) is 6.92 Å². The number of ketones is 1. The van der Waals surface area contributed by atoms with E-state index in [2.05, 4.69) is 16.9 Å². The Hall–Kier alpha value is -3.26. The molecule has 0 radical (unpaired) electrons. The number of hydrogen-bond donors (Lipinski definition) is 2. The van der Waals surface area contributed by atoms with Gasteiger partial charge in [0, 0.05) is 24.2 Å². The highest BCUT2D eigenvalue weighted by molar-refractivity contribution is 6.11. The average molecular weight is 486 g/mol. The predicted octanol–water partition coefficient (Wildman–Crippen LogP) is 5.89. The highest BCUT2D eigenvalue weighted by Gasteiger charge is 2.29. The second kappa shape index (κ2) is 11.9. The van der Waals surface area contributed by atoms with Gasteiger partial charge in [0.05, 0.1) is 0 Å². The second-order valence-corrected chi connectivity index (χ2v) is 8.54. The van der Waals surface area contributed by atoms with Crippen molar-refractivity contribution >= 4 is 17.6 Å². The first-order valence-corrected chi connectivity index (χ1v) is 11.6. The van der Waals surface area contributed by atoms with Crippen molar-refractivity contribution in [3.05, 3.63) is 82.7 Å². The number of carbonyl (C=O) groups excluding carboxylic acids is 1. The van der Waals surface area contributed by atoms with Gasteiger partial charge in [-0.1, -0.05) is 31.7 Å². The molecule has 0 amide bonds. The molecule has 2 atom stereocenters. The Bertz CT molecular complexity index is 1110. The van der Waals surface area contributed by atoms with Crippen LogP contribution in [-0.2, 0) is 11.2 Å². The maximum absolute atomic E-state index is 13.5. The molecule has 186 valence electrons. The number of halogens is 3. The zero-order valence-electron chi connectivity index (χ0n) is 19.9. The van der Waals surface area contributed by atoms with Gasteiger partial charge in [-0.2, -0.15) is 8.78 Å². The lowest BCUT2D eigenvalue weighted by Gasteiger charge is -2.33. The highest BCUT2D eigenvalue weighted by Crippen LogP contribution is 2.34. The summed E-state index contributed by atoms with van der Waals surface area (Å²) >= 11 is 0. The SMILES string of the molecule is C=C(C[C@@H]1CCCN[C@@H]1c1ccc(F)cc1)C(=O)c1cc(C(=NC)OC(=N)C(F)F)ccc1CC.